The predicted octanol–water partition coefficient (Wildman–Crippen LogP) is 2.98. The number of fused-ring (bicyclic) bond motifs is 1. The van der Waals surface area contributed by atoms with Crippen LogP contribution in [0.15, 0.2) is 46.2 Å². The van der Waals surface area contributed by atoms with Gasteiger partial charge in [0.2, 0.25) is 16.8 Å². The Labute approximate surface area is 187 Å². The van der Waals surface area contributed by atoms with Gasteiger partial charge in [0.05, 0.1) is 15.5 Å². The largest absolute Gasteiger partial charge is 0.454 e. The van der Waals surface area contributed by atoms with Crippen LogP contribution in [0.2, 0.25) is 0 Å². The van der Waals surface area contributed by atoms with E-state index in [-0.39, 0.29) is 33.6 Å². The molecule has 1 saturated heterocycles. The average molecular weight is 481 g/mol. The van der Waals surface area contributed by atoms with E-state index >= 15 is 0 Å². The summed E-state index contributed by atoms with van der Waals surface area (Å²) in [5.74, 6) is 0.340. The van der Waals surface area contributed by atoms with Crippen LogP contribution in [-0.2, 0) is 20.0 Å². The van der Waals surface area contributed by atoms with Crippen LogP contribution in [0.3, 0.4) is 0 Å². The Morgan fingerprint density at radius 2 is 1.44 bits per heavy atom. The fraction of sp³-hybridized carbons (Fsp3) is 0.381. The molecule has 172 valence electrons. The fourth-order valence-electron chi connectivity index (χ4n) is 3.74. The molecule has 0 unspecified atom stereocenters. The summed E-state index contributed by atoms with van der Waals surface area (Å²) in [5.41, 5.74) is 0.196. The molecule has 0 aromatic heterocycles. The van der Waals surface area contributed by atoms with Gasteiger partial charge in [-0.05, 0) is 50.1 Å². The van der Waals surface area contributed by atoms with Crippen molar-refractivity contribution >= 4 is 31.5 Å². The van der Waals surface area contributed by atoms with Crippen molar-refractivity contribution in [3.05, 3.63) is 42.0 Å². The first-order valence-corrected chi connectivity index (χ1v) is 13.2. The molecule has 1 N–H and O–H groups in total. The topological polar surface area (TPSA) is 119 Å². The second-order valence-corrected chi connectivity index (χ2v) is 11.3. The van der Waals surface area contributed by atoms with Crippen molar-refractivity contribution in [2.45, 2.75) is 42.4 Å². The van der Waals surface area contributed by atoms with Crippen molar-refractivity contribution < 1.29 is 31.1 Å². The number of carbonyl (C=O) groups is 1. The van der Waals surface area contributed by atoms with Crippen molar-refractivity contribution in [1.29, 1.82) is 0 Å². The highest BCUT2D eigenvalue weighted by Crippen LogP contribution is 2.38. The molecular weight excluding hydrogens is 456 g/mol. The molecule has 11 heteroatoms. The van der Waals surface area contributed by atoms with E-state index in [0.29, 0.717) is 24.6 Å². The molecule has 0 atom stereocenters. The molecule has 2 aromatic carbocycles. The van der Waals surface area contributed by atoms with E-state index in [1.54, 1.807) is 0 Å². The van der Waals surface area contributed by atoms with Crippen LogP contribution in [0.5, 0.6) is 11.5 Å². The number of nitrogens with zero attached hydrogens (tertiary/aromatic N) is 1. The van der Waals surface area contributed by atoms with Gasteiger partial charge in [0, 0.05) is 24.7 Å². The number of ether oxygens (including phenoxy) is 2. The first-order valence-electron chi connectivity index (χ1n) is 10.3. The van der Waals surface area contributed by atoms with Gasteiger partial charge < -0.3 is 9.47 Å². The summed E-state index contributed by atoms with van der Waals surface area (Å²) in [4.78, 5) is 11.9. The van der Waals surface area contributed by atoms with E-state index in [0.717, 1.165) is 25.7 Å². The molecule has 2 aromatic rings. The van der Waals surface area contributed by atoms with Crippen molar-refractivity contribution in [3.63, 3.8) is 0 Å². The number of hydrogen-bond donors (Lipinski definition) is 1. The van der Waals surface area contributed by atoms with Gasteiger partial charge in [-0.2, -0.15) is 4.31 Å². The molecule has 0 saturated carbocycles. The minimum Gasteiger partial charge on any atom is -0.454 e. The highest BCUT2D eigenvalue weighted by molar-refractivity contribution is 7.92. The smallest absolute Gasteiger partial charge is 0.261 e. The Balaban J connectivity index is 1.60. The third-order valence-electron chi connectivity index (χ3n) is 5.47. The van der Waals surface area contributed by atoms with E-state index in [1.165, 1.54) is 47.6 Å². The average Bonchev–Trinajstić information content (AvgIpc) is 3.02. The lowest BCUT2D eigenvalue weighted by molar-refractivity contribution is 0.101. The Kier molecular flexibility index (Phi) is 6.15. The summed E-state index contributed by atoms with van der Waals surface area (Å²) < 4.78 is 66.1. The van der Waals surface area contributed by atoms with E-state index in [4.69, 9.17) is 9.47 Å². The van der Waals surface area contributed by atoms with E-state index in [9.17, 15) is 21.6 Å². The highest BCUT2D eigenvalue weighted by Gasteiger charge is 2.27. The van der Waals surface area contributed by atoms with Crippen LogP contribution < -0.4 is 14.2 Å². The van der Waals surface area contributed by atoms with Gasteiger partial charge in [0.1, 0.15) is 0 Å². The third-order valence-corrected chi connectivity index (χ3v) is 8.77. The molecular formula is C21H24N2O7S2. The Hall–Kier alpha value is -2.63. The normalized spacial score (nSPS) is 17.0. The zero-order valence-corrected chi connectivity index (χ0v) is 19.2. The number of anilines is 1. The monoisotopic (exact) mass is 480 g/mol. The molecule has 2 aliphatic rings. The summed E-state index contributed by atoms with van der Waals surface area (Å²) in [6.45, 7) is 2.22. The van der Waals surface area contributed by atoms with Crippen molar-refractivity contribution in [2.75, 3.05) is 24.6 Å². The first kappa shape index (κ1) is 22.6. The molecule has 0 spiro atoms. The summed E-state index contributed by atoms with van der Waals surface area (Å²) in [6, 6.07) is 7.90. The molecule has 0 aliphatic carbocycles. The third kappa shape index (κ3) is 4.45. The lowest BCUT2D eigenvalue weighted by atomic mass is 10.1. The quantitative estimate of drug-likeness (QED) is 0.631. The Bertz CT molecular complexity index is 1230. The zero-order chi connectivity index (χ0) is 22.9. The fourth-order valence-corrected chi connectivity index (χ4v) is 6.33. The minimum absolute atomic E-state index is 0.0180. The number of rotatable bonds is 6. The van der Waals surface area contributed by atoms with E-state index < -0.39 is 20.0 Å². The van der Waals surface area contributed by atoms with Gasteiger partial charge in [0.15, 0.2) is 17.3 Å². The van der Waals surface area contributed by atoms with Crippen LogP contribution >= 0.6 is 0 Å². The van der Waals surface area contributed by atoms with Gasteiger partial charge in [0.25, 0.3) is 10.0 Å². The molecule has 0 bridgehead atoms. The van der Waals surface area contributed by atoms with Crippen molar-refractivity contribution in [2.24, 2.45) is 0 Å². The number of benzene rings is 2. The second-order valence-electron chi connectivity index (χ2n) is 7.70. The van der Waals surface area contributed by atoms with Crippen LogP contribution in [-0.4, -0.2) is 46.8 Å². The van der Waals surface area contributed by atoms with Gasteiger partial charge in [-0.1, -0.05) is 12.8 Å². The Morgan fingerprint density at radius 1 is 0.875 bits per heavy atom. The van der Waals surface area contributed by atoms with Crippen LogP contribution in [0.25, 0.3) is 0 Å². The molecule has 2 aliphatic heterocycles. The number of nitrogens with one attached hydrogen (secondary N) is 1. The van der Waals surface area contributed by atoms with Crippen LogP contribution in [0.1, 0.15) is 43.0 Å². The second kappa shape index (κ2) is 8.72. The standard InChI is InChI=1S/C21H24N2O7S2/c1-15(24)18-12-20-21(30-14-29-20)13-19(18)22-31(25,26)16-6-8-17(9-7-16)32(27,28)23-10-4-2-3-5-11-23/h6-9,12-13,22H,2-5,10-11,14H2,1H3. The lowest BCUT2D eigenvalue weighted by Gasteiger charge is -2.20. The predicted molar refractivity (Wildman–Crippen MR) is 117 cm³/mol. The van der Waals surface area contributed by atoms with E-state index in [1.807, 2.05) is 0 Å². The number of hydrogen-bond acceptors (Lipinski definition) is 7. The van der Waals surface area contributed by atoms with Crippen molar-refractivity contribution in [1.82, 2.24) is 4.31 Å². The molecule has 0 radical (unpaired) electrons. The maximum atomic E-state index is 12.9. The van der Waals surface area contributed by atoms with Crippen LogP contribution in [0.4, 0.5) is 5.69 Å². The van der Waals surface area contributed by atoms with Gasteiger partial charge >= 0.3 is 0 Å². The van der Waals surface area contributed by atoms with Gasteiger partial charge in [-0.25, -0.2) is 16.8 Å². The number of Topliss-reactive ketones (excluding diaryl/α,β-unsaturated/α-hetero) is 1. The van der Waals surface area contributed by atoms with Gasteiger partial charge in [-0.15, -0.1) is 0 Å². The maximum absolute atomic E-state index is 12.9. The molecule has 9 nitrogen and oxygen atoms in total. The van der Waals surface area contributed by atoms with Gasteiger partial charge in [-0.3, -0.25) is 9.52 Å². The highest BCUT2D eigenvalue weighted by atomic mass is 32.2. The number of ketones is 1. The number of carbonyl (C=O) groups excluding carboxylic acids is 1. The maximum Gasteiger partial charge on any atom is 0.261 e. The SMILES string of the molecule is CC(=O)c1cc2c(cc1NS(=O)(=O)c1ccc(S(=O)(=O)N3CCCCCC3)cc1)OCO2. The molecule has 1 fully saturated rings. The molecule has 2 heterocycles. The van der Waals surface area contributed by atoms with Crippen LogP contribution in [0, 0.1) is 0 Å². The van der Waals surface area contributed by atoms with Crippen molar-refractivity contribution in [3.8, 4) is 11.5 Å². The lowest BCUT2D eigenvalue weighted by Crippen LogP contribution is -2.31. The number of sulfonamides is 2. The molecule has 32 heavy (non-hydrogen) atoms. The van der Waals surface area contributed by atoms with E-state index in [2.05, 4.69) is 4.72 Å². The first-order chi connectivity index (χ1) is 15.2. The Morgan fingerprint density at radius 3 is 2.03 bits per heavy atom. The zero-order valence-electron chi connectivity index (χ0n) is 17.5. The summed E-state index contributed by atoms with van der Waals surface area (Å²) >= 11 is 0. The summed E-state index contributed by atoms with van der Waals surface area (Å²) in [6.07, 6.45) is 3.61. The minimum atomic E-state index is -4.09. The molecule has 4 rings (SSSR count). The molecule has 0 amide bonds. The summed E-state index contributed by atoms with van der Waals surface area (Å²) in [5, 5.41) is 0. The summed E-state index contributed by atoms with van der Waals surface area (Å²) in [7, 11) is -7.78.